The highest BCUT2D eigenvalue weighted by atomic mass is 16.5. The summed E-state index contributed by atoms with van der Waals surface area (Å²) in [6.45, 7) is 7.37. The molecule has 1 N–H and O–H groups in total. The van der Waals surface area contributed by atoms with Crippen LogP contribution in [0.15, 0.2) is 71.4 Å². The lowest BCUT2D eigenvalue weighted by Gasteiger charge is -2.19. The average molecular weight is 357 g/mol. The first-order chi connectivity index (χ1) is 13.0. The van der Waals surface area contributed by atoms with Gasteiger partial charge in [0, 0.05) is 18.3 Å². The quantitative estimate of drug-likeness (QED) is 0.501. The molecule has 2 heterocycles. The summed E-state index contributed by atoms with van der Waals surface area (Å²) in [7, 11) is 0. The lowest BCUT2D eigenvalue weighted by molar-refractivity contribution is 0.459. The van der Waals surface area contributed by atoms with Crippen LogP contribution in [0.5, 0.6) is 0 Å². The van der Waals surface area contributed by atoms with Gasteiger partial charge in [0.15, 0.2) is 11.4 Å². The van der Waals surface area contributed by atoms with Crippen molar-refractivity contribution in [3.8, 4) is 11.3 Å². The fourth-order valence-electron chi connectivity index (χ4n) is 3.07. The molecule has 0 saturated carbocycles. The number of fused-ring (bicyclic) bond motifs is 1. The first kappa shape index (κ1) is 17.3. The maximum absolute atomic E-state index is 5.52. The Balaban J connectivity index is 1.51. The number of rotatable bonds is 4. The van der Waals surface area contributed by atoms with Crippen molar-refractivity contribution in [1.82, 2.24) is 10.1 Å². The van der Waals surface area contributed by atoms with Crippen molar-refractivity contribution in [3.05, 3.63) is 78.0 Å². The van der Waals surface area contributed by atoms with E-state index >= 15 is 0 Å². The molecule has 4 aromatic rings. The molecule has 0 fully saturated rings. The molecule has 2 aromatic heterocycles. The molecule has 0 aliphatic carbocycles. The average Bonchev–Trinajstić information content (AvgIpc) is 3.09. The molecule has 0 bridgehead atoms. The second-order valence-electron chi connectivity index (χ2n) is 7.76. The highest BCUT2D eigenvalue weighted by Gasteiger charge is 2.13. The fraction of sp³-hybridized carbons (Fsp3) is 0.217. The van der Waals surface area contributed by atoms with E-state index in [0.717, 1.165) is 28.0 Å². The molecule has 0 aliphatic heterocycles. The van der Waals surface area contributed by atoms with Gasteiger partial charge in [0.2, 0.25) is 0 Å². The van der Waals surface area contributed by atoms with E-state index in [-0.39, 0.29) is 5.41 Å². The smallest absolute Gasteiger partial charge is 0.177 e. The molecule has 2 aromatic carbocycles. The van der Waals surface area contributed by atoms with Crippen LogP contribution in [0.25, 0.3) is 22.2 Å². The number of hydrogen-bond acceptors (Lipinski definition) is 4. The van der Waals surface area contributed by atoms with Crippen LogP contribution in [0.4, 0.5) is 5.82 Å². The first-order valence-electron chi connectivity index (χ1n) is 9.15. The van der Waals surface area contributed by atoms with Crippen molar-refractivity contribution in [1.29, 1.82) is 0 Å². The number of pyridine rings is 1. The van der Waals surface area contributed by atoms with E-state index in [2.05, 4.69) is 60.5 Å². The van der Waals surface area contributed by atoms with Gasteiger partial charge in [-0.2, -0.15) is 0 Å². The molecular weight excluding hydrogens is 334 g/mol. The summed E-state index contributed by atoms with van der Waals surface area (Å²) in [6.07, 6.45) is 1.79. The second kappa shape index (κ2) is 6.88. The normalized spacial score (nSPS) is 11.7. The van der Waals surface area contributed by atoms with Gasteiger partial charge in [-0.05, 0) is 40.8 Å². The van der Waals surface area contributed by atoms with Crippen LogP contribution >= 0.6 is 0 Å². The summed E-state index contributed by atoms with van der Waals surface area (Å²) in [4.78, 5) is 4.39. The van der Waals surface area contributed by atoms with Crippen molar-refractivity contribution in [2.75, 3.05) is 5.32 Å². The Bertz CT molecular complexity index is 1040. The molecule has 27 heavy (non-hydrogen) atoms. The second-order valence-corrected chi connectivity index (χ2v) is 7.76. The van der Waals surface area contributed by atoms with Crippen molar-refractivity contribution < 1.29 is 4.52 Å². The van der Waals surface area contributed by atoms with Crippen LogP contribution in [-0.2, 0) is 12.0 Å². The minimum Gasteiger partial charge on any atom is -0.363 e. The van der Waals surface area contributed by atoms with E-state index in [1.54, 1.807) is 6.20 Å². The Morgan fingerprint density at radius 2 is 1.78 bits per heavy atom. The maximum Gasteiger partial charge on any atom is 0.177 e. The number of anilines is 1. The Labute approximate surface area is 159 Å². The zero-order valence-corrected chi connectivity index (χ0v) is 15.9. The minimum absolute atomic E-state index is 0.166. The molecule has 136 valence electrons. The van der Waals surface area contributed by atoms with Gasteiger partial charge in [-0.15, -0.1) is 0 Å². The predicted octanol–water partition coefficient (Wildman–Crippen LogP) is 5.80. The third-order valence-electron chi connectivity index (χ3n) is 4.71. The number of hydrogen-bond donors (Lipinski definition) is 1. The predicted molar refractivity (Wildman–Crippen MR) is 110 cm³/mol. The summed E-state index contributed by atoms with van der Waals surface area (Å²) in [5.41, 5.74) is 5.40. The van der Waals surface area contributed by atoms with Gasteiger partial charge in [0.05, 0.1) is 11.1 Å². The first-order valence-corrected chi connectivity index (χ1v) is 9.15. The number of aromatic nitrogens is 2. The van der Waals surface area contributed by atoms with Crippen molar-refractivity contribution in [3.63, 3.8) is 0 Å². The van der Waals surface area contributed by atoms with Crippen LogP contribution in [-0.4, -0.2) is 10.1 Å². The lowest BCUT2D eigenvalue weighted by atomic mass is 9.87. The van der Waals surface area contributed by atoms with Gasteiger partial charge in [0.25, 0.3) is 0 Å². The van der Waals surface area contributed by atoms with Crippen molar-refractivity contribution in [2.45, 2.75) is 32.7 Å². The van der Waals surface area contributed by atoms with Gasteiger partial charge in [-0.25, -0.2) is 0 Å². The zero-order valence-electron chi connectivity index (χ0n) is 15.9. The molecule has 4 heteroatoms. The lowest BCUT2D eigenvalue weighted by Crippen LogP contribution is -2.11. The van der Waals surface area contributed by atoms with Crippen molar-refractivity contribution >= 4 is 16.8 Å². The fourth-order valence-corrected chi connectivity index (χ4v) is 3.07. The van der Waals surface area contributed by atoms with E-state index in [4.69, 9.17) is 4.52 Å². The summed E-state index contributed by atoms with van der Waals surface area (Å²) >= 11 is 0. The van der Waals surface area contributed by atoms with Crippen LogP contribution in [0.3, 0.4) is 0 Å². The van der Waals surface area contributed by atoms with E-state index in [0.29, 0.717) is 6.54 Å². The standard InChI is InChI=1S/C23H23N3O/c1-23(2,3)18-10-7-16(8-11-18)15-25-22-19-12-9-17(14-21(19)27-26-22)20-6-4-5-13-24-20/h4-14H,15H2,1-3H3,(H,25,26). The molecular formula is C23H23N3O. The Kier molecular flexibility index (Phi) is 4.40. The molecule has 0 unspecified atom stereocenters. The molecule has 4 rings (SSSR count). The summed E-state index contributed by atoms with van der Waals surface area (Å²) < 4.78 is 5.52. The molecule has 4 nitrogen and oxygen atoms in total. The van der Waals surface area contributed by atoms with E-state index in [9.17, 15) is 0 Å². The third-order valence-corrected chi connectivity index (χ3v) is 4.71. The summed E-state index contributed by atoms with van der Waals surface area (Å²) in [6, 6.07) is 20.6. The maximum atomic E-state index is 5.52. The Morgan fingerprint density at radius 3 is 2.48 bits per heavy atom. The van der Waals surface area contributed by atoms with Crippen LogP contribution in [0.1, 0.15) is 31.9 Å². The van der Waals surface area contributed by atoms with Gasteiger partial charge in [-0.1, -0.05) is 62.3 Å². The van der Waals surface area contributed by atoms with Crippen LogP contribution < -0.4 is 5.32 Å². The summed E-state index contributed by atoms with van der Waals surface area (Å²) in [5.74, 6) is 0.762. The topological polar surface area (TPSA) is 51.0 Å². The number of nitrogens with one attached hydrogen (secondary N) is 1. The van der Waals surface area contributed by atoms with E-state index in [1.165, 1.54) is 11.1 Å². The molecule has 0 amide bonds. The Hall–Kier alpha value is -3.14. The highest BCUT2D eigenvalue weighted by molar-refractivity contribution is 5.90. The third kappa shape index (κ3) is 3.70. The molecule has 0 atom stereocenters. The zero-order chi connectivity index (χ0) is 18.9. The molecule has 0 aliphatic rings. The molecule has 0 saturated heterocycles. The van der Waals surface area contributed by atoms with Crippen molar-refractivity contribution in [2.24, 2.45) is 0 Å². The molecule has 0 spiro atoms. The van der Waals surface area contributed by atoms with E-state index < -0.39 is 0 Å². The monoisotopic (exact) mass is 357 g/mol. The van der Waals surface area contributed by atoms with Gasteiger partial charge >= 0.3 is 0 Å². The van der Waals surface area contributed by atoms with Crippen LogP contribution in [0.2, 0.25) is 0 Å². The van der Waals surface area contributed by atoms with Gasteiger partial charge < -0.3 is 9.84 Å². The van der Waals surface area contributed by atoms with E-state index in [1.807, 2.05) is 36.4 Å². The SMILES string of the molecule is CC(C)(C)c1ccc(CNc2noc3cc(-c4ccccn4)ccc23)cc1. The number of benzene rings is 2. The largest absolute Gasteiger partial charge is 0.363 e. The minimum atomic E-state index is 0.166. The van der Waals surface area contributed by atoms with Crippen LogP contribution in [0, 0.1) is 0 Å². The highest BCUT2D eigenvalue weighted by Crippen LogP contribution is 2.28. The Morgan fingerprint density at radius 1 is 0.963 bits per heavy atom. The molecule has 0 radical (unpaired) electrons. The number of nitrogens with zero attached hydrogens (tertiary/aromatic N) is 2. The van der Waals surface area contributed by atoms with Gasteiger partial charge in [-0.3, -0.25) is 4.98 Å². The summed E-state index contributed by atoms with van der Waals surface area (Å²) in [5, 5.41) is 8.55. The van der Waals surface area contributed by atoms with Gasteiger partial charge in [0.1, 0.15) is 0 Å².